The smallest absolute Gasteiger partial charge is 0.155 e. The lowest BCUT2D eigenvalue weighted by Crippen LogP contribution is -2.23. The maximum Gasteiger partial charge on any atom is 0.155 e. The van der Waals surface area contributed by atoms with Gasteiger partial charge in [-0.2, -0.15) is 5.10 Å². The number of nitrogens with zero attached hydrogens (tertiary/aromatic N) is 2. The number of halogens is 3. The molecule has 0 radical (unpaired) electrons. The van der Waals surface area contributed by atoms with Gasteiger partial charge in [0.25, 0.3) is 0 Å². The Bertz CT molecular complexity index is 675. The number of aldehydes is 1. The molecule has 106 valence electrons. The second-order valence-corrected chi connectivity index (χ2v) is 6.13. The molecular formula is C14H13BrF2N2O. The van der Waals surface area contributed by atoms with Crippen LogP contribution in [0.4, 0.5) is 8.78 Å². The lowest BCUT2D eigenvalue weighted by Gasteiger charge is -2.20. The van der Waals surface area contributed by atoms with Crippen LogP contribution < -0.4 is 0 Å². The molecule has 0 fully saturated rings. The van der Waals surface area contributed by atoms with E-state index in [0.717, 1.165) is 18.2 Å². The Morgan fingerprint density at radius 1 is 1.30 bits per heavy atom. The average Bonchev–Trinajstić information content (AvgIpc) is 2.69. The number of hydrogen-bond donors (Lipinski definition) is 0. The third-order valence-corrected chi connectivity index (χ3v) is 3.56. The van der Waals surface area contributed by atoms with Crippen LogP contribution in [0.3, 0.4) is 0 Å². The lowest BCUT2D eigenvalue weighted by atomic mass is 10.1. The van der Waals surface area contributed by atoms with Gasteiger partial charge in [0, 0.05) is 5.56 Å². The highest BCUT2D eigenvalue weighted by atomic mass is 79.9. The topological polar surface area (TPSA) is 34.9 Å². The van der Waals surface area contributed by atoms with Crippen molar-refractivity contribution in [2.45, 2.75) is 26.3 Å². The molecule has 6 heteroatoms. The van der Waals surface area contributed by atoms with Crippen LogP contribution in [-0.2, 0) is 5.54 Å². The van der Waals surface area contributed by atoms with Crippen molar-refractivity contribution in [3.8, 4) is 11.3 Å². The van der Waals surface area contributed by atoms with Crippen LogP contribution in [0, 0.1) is 11.6 Å². The Labute approximate surface area is 123 Å². The van der Waals surface area contributed by atoms with Crippen molar-refractivity contribution in [3.05, 3.63) is 40.0 Å². The zero-order chi connectivity index (χ0) is 15.1. The van der Waals surface area contributed by atoms with Crippen LogP contribution in [0.1, 0.15) is 31.1 Å². The highest BCUT2D eigenvalue weighted by molar-refractivity contribution is 9.10. The van der Waals surface area contributed by atoms with Crippen LogP contribution in [0.5, 0.6) is 0 Å². The molecule has 20 heavy (non-hydrogen) atoms. The van der Waals surface area contributed by atoms with Crippen molar-refractivity contribution < 1.29 is 13.6 Å². The molecule has 2 rings (SSSR count). The van der Waals surface area contributed by atoms with Crippen LogP contribution in [-0.4, -0.2) is 16.1 Å². The predicted octanol–water partition coefficient (Wildman–Crippen LogP) is 4.16. The summed E-state index contributed by atoms with van der Waals surface area (Å²) in [4.78, 5) is 11.3. The molecule has 0 saturated heterocycles. The number of benzene rings is 1. The van der Waals surface area contributed by atoms with E-state index in [1.54, 1.807) is 4.68 Å². The summed E-state index contributed by atoms with van der Waals surface area (Å²) in [6, 6.07) is 3.07. The molecule has 0 spiro atoms. The number of carbonyl (C=O) groups excluding carboxylic acids is 1. The summed E-state index contributed by atoms with van der Waals surface area (Å²) in [5.41, 5.74) is -0.113. The third kappa shape index (κ3) is 2.52. The fourth-order valence-electron chi connectivity index (χ4n) is 1.84. The van der Waals surface area contributed by atoms with E-state index in [0.29, 0.717) is 10.9 Å². The van der Waals surface area contributed by atoms with Crippen molar-refractivity contribution in [1.29, 1.82) is 0 Å². The Kier molecular flexibility index (Phi) is 3.77. The average molecular weight is 343 g/mol. The molecule has 0 aliphatic carbocycles. The summed E-state index contributed by atoms with van der Waals surface area (Å²) >= 11 is 3.29. The van der Waals surface area contributed by atoms with E-state index < -0.39 is 17.2 Å². The molecule has 0 aliphatic heterocycles. The summed E-state index contributed by atoms with van der Waals surface area (Å²) in [6.45, 7) is 5.68. The van der Waals surface area contributed by atoms with Crippen molar-refractivity contribution >= 4 is 22.2 Å². The highest BCUT2D eigenvalue weighted by Crippen LogP contribution is 2.33. The summed E-state index contributed by atoms with van der Waals surface area (Å²) in [6.07, 6.45) is 0.582. The summed E-state index contributed by atoms with van der Waals surface area (Å²) in [7, 11) is 0. The molecule has 0 N–H and O–H groups in total. The Morgan fingerprint density at radius 2 is 1.95 bits per heavy atom. The van der Waals surface area contributed by atoms with Gasteiger partial charge >= 0.3 is 0 Å². The zero-order valence-electron chi connectivity index (χ0n) is 11.2. The predicted molar refractivity (Wildman–Crippen MR) is 75.7 cm³/mol. The monoisotopic (exact) mass is 342 g/mol. The molecule has 1 aromatic heterocycles. The van der Waals surface area contributed by atoms with Crippen LogP contribution in [0.2, 0.25) is 0 Å². The van der Waals surface area contributed by atoms with Gasteiger partial charge in [0.15, 0.2) is 6.29 Å². The van der Waals surface area contributed by atoms with Crippen LogP contribution in [0.15, 0.2) is 22.8 Å². The number of hydrogen-bond acceptors (Lipinski definition) is 2. The maximum absolute atomic E-state index is 13.9. The molecule has 0 saturated carbocycles. The molecule has 0 amide bonds. The summed E-state index contributed by atoms with van der Waals surface area (Å²) < 4.78 is 29.2. The van der Waals surface area contributed by atoms with E-state index in [1.807, 2.05) is 20.8 Å². The maximum atomic E-state index is 13.9. The van der Waals surface area contributed by atoms with Gasteiger partial charge in [-0.15, -0.1) is 0 Å². The molecule has 0 atom stereocenters. The highest BCUT2D eigenvalue weighted by Gasteiger charge is 2.25. The first kappa shape index (κ1) is 14.8. The first-order chi connectivity index (χ1) is 9.25. The minimum absolute atomic E-state index is 0.0317. The Balaban J connectivity index is 2.75. The van der Waals surface area contributed by atoms with Gasteiger partial charge in [-0.25, -0.2) is 8.78 Å². The van der Waals surface area contributed by atoms with E-state index in [1.165, 1.54) is 0 Å². The fraction of sp³-hybridized carbons (Fsp3) is 0.286. The fourth-order valence-corrected chi connectivity index (χ4v) is 2.73. The SMILES string of the molecule is CC(C)(C)n1nc(-c2cc(F)ccc2F)c(C=O)c1Br. The molecular weight excluding hydrogens is 330 g/mol. The van der Waals surface area contributed by atoms with Gasteiger partial charge in [0.2, 0.25) is 0 Å². The van der Waals surface area contributed by atoms with Gasteiger partial charge < -0.3 is 0 Å². The Hall–Kier alpha value is -1.56. The molecule has 0 bridgehead atoms. The number of rotatable bonds is 2. The van der Waals surface area contributed by atoms with Crippen molar-refractivity contribution in [2.24, 2.45) is 0 Å². The lowest BCUT2D eigenvalue weighted by molar-refractivity contribution is 0.112. The van der Waals surface area contributed by atoms with E-state index in [9.17, 15) is 13.6 Å². The third-order valence-electron chi connectivity index (χ3n) is 2.80. The van der Waals surface area contributed by atoms with Crippen LogP contribution >= 0.6 is 15.9 Å². The zero-order valence-corrected chi connectivity index (χ0v) is 12.8. The first-order valence-electron chi connectivity index (χ1n) is 5.95. The van der Waals surface area contributed by atoms with E-state index in [-0.39, 0.29) is 16.8 Å². The van der Waals surface area contributed by atoms with Crippen molar-refractivity contribution in [1.82, 2.24) is 9.78 Å². The number of carbonyl (C=O) groups is 1. The Morgan fingerprint density at radius 3 is 2.50 bits per heavy atom. The van der Waals surface area contributed by atoms with Crippen LogP contribution in [0.25, 0.3) is 11.3 Å². The van der Waals surface area contributed by atoms with Gasteiger partial charge in [0.05, 0.1) is 11.1 Å². The van der Waals surface area contributed by atoms with Gasteiger partial charge in [0.1, 0.15) is 21.9 Å². The second kappa shape index (κ2) is 5.09. The normalized spacial score (nSPS) is 11.7. The summed E-state index contributed by atoms with van der Waals surface area (Å²) in [5, 5.41) is 4.26. The molecule has 0 aliphatic rings. The van der Waals surface area contributed by atoms with Crippen molar-refractivity contribution in [3.63, 3.8) is 0 Å². The van der Waals surface area contributed by atoms with E-state index in [4.69, 9.17) is 0 Å². The van der Waals surface area contributed by atoms with E-state index >= 15 is 0 Å². The van der Waals surface area contributed by atoms with Gasteiger partial charge in [-0.1, -0.05) is 0 Å². The quantitative estimate of drug-likeness (QED) is 0.768. The first-order valence-corrected chi connectivity index (χ1v) is 6.74. The minimum atomic E-state index is -0.624. The second-order valence-electron chi connectivity index (χ2n) is 5.38. The largest absolute Gasteiger partial charge is 0.298 e. The standard InChI is InChI=1S/C14H13BrF2N2O/c1-14(2,3)19-13(15)10(7-20)12(18-19)9-6-8(16)4-5-11(9)17/h4-7H,1-3H3. The van der Waals surface area contributed by atoms with Gasteiger partial charge in [-0.05, 0) is 54.9 Å². The van der Waals surface area contributed by atoms with E-state index in [2.05, 4.69) is 21.0 Å². The van der Waals surface area contributed by atoms with Crippen molar-refractivity contribution in [2.75, 3.05) is 0 Å². The minimum Gasteiger partial charge on any atom is -0.298 e. The number of aromatic nitrogens is 2. The molecule has 1 heterocycles. The summed E-state index contributed by atoms with van der Waals surface area (Å²) in [5.74, 6) is -1.21. The molecule has 2 aromatic rings. The molecule has 3 nitrogen and oxygen atoms in total. The van der Waals surface area contributed by atoms with Gasteiger partial charge in [-0.3, -0.25) is 9.48 Å². The molecule has 0 unspecified atom stereocenters. The molecule has 1 aromatic carbocycles.